The lowest BCUT2D eigenvalue weighted by atomic mass is 9.95. The number of rotatable bonds is 11. The highest BCUT2D eigenvalue weighted by atomic mass is 79.9. The fourth-order valence-electron chi connectivity index (χ4n) is 4.96. The maximum Gasteiger partial charge on any atom is 0.338 e. The van der Waals surface area contributed by atoms with Gasteiger partial charge < -0.3 is 18.9 Å². The van der Waals surface area contributed by atoms with E-state index in [1.165, 1.54) is 11.3 Å². The molecule has 11 heteroatoms. The Kier molecular flexibility index (Phi) is 10.6. The van der Waals surface area contributed by atoms with Gasteiger partial charge in [0.25, 0.3) is 5.56 Å². The number of aromatic nitrogens is 1. The van der Waals surface area contributed by atoms with Gasteiger partial charge in [-0.25, -0.2) is 9.79 Å². The van der Waals surface area contributed by atoms with E-state index in [9.17, 15) is 9.59 Å². The van der Waals surface area contributed by atoms with Crippen molar-refractivity contribution in [2.75, 3.05) is 19.8 Å². The van der Waals surface area contributed by atoms with Gasteiger partial charge in [-0.2, -0.15) is 0 Å². The minimum absolute atomic E-state index is 0.192. The molecule has 0 radical (unpaired) electrons. The number of allylic oxidation sites excluding steroid dienone is 1. The largest absolute Gasteiger partial charge is 0.490 e. The number of thiazole rings is 1. The van der Waals surface area contributed by atoms with Crippen molar-refractivity contribution >= 4 is 55.2 Å². The Labute approximate surface area is 281 Å². The predicted octanol–water partition coefficient (Wildman–Crippen LogP) is 6.70. The molecule has 4 aromatic rings. The lowest BCUT2D eigenvalue weighted by Crippen LogP contribution is -2.40. The van der Waals surface area contributed by atoms with E-state index in [2.05, 4.69) is 36.9 Å². The molecule has 0 unspecified atom stereocenters. The average molecular weight is 757 g/mol. The Morgan fingerprint density at radius 2 is 1.62 bits per heavy atom. The fraction of sp³-hybridized carbons (Fsp3) is 0.265. The van der Waals surface area contributed by atoms with Crippen LogP contribution in [-0.2, 0) is 16.1 Å². The summed E-state index contributed by atoms with van der Waals surface area (Å²) < 4.78 is 26.9. The summed E-state index contributed by atoms with van der Waals surface area (Å²) in [5, 5.41) is 0. The van der Waals surface area contributed by atoms with Gasteiger partial charge in [0, 0.05) is 4.47 Å². The molecular weight excluding hydrogens is 724 g/mol. The molecule has 8 nitrogen and oxygen atoms in total. The molecule has 1 aromatic heterocycles. The van der Waals surface area contributed by atoms with Crippen LogP contribution < -0.4 is 29.1 Å². The first-order chi connectivity index (χ1) is 21.7. The molecule has 0 amide bonds. The van der Waals surface area contributed by atoms with Crippen LogP contribution in [0.15, 0.2) is 90.7 Å². The molecule has 1 atom stereocenters. The van der Waals surface area contributed by atoms with Crippen LogP contribution in [0.3, 0.4) is 0 Å². The van der Waals surface area contributed by atoms with E-state index in [1.807, 2.05) is 74.5 Å². The van der Waals surface area contributed by atoms with Crippen LogP contribution >= 0.6 is 43.2 Å². The minimum Gasteiger partial charge on any atom is -0.490 e. The molecule has 5 rings (SSSR count). The monoisotopic (exact) mass is 754 g/mol. The van der Waals surface area contributed by atoms with Crippen molar-refractivity contribution in [1.82, 2.24) is 4.57 Å². The van der Waals surface area contributed by atoms with Gasteiger partial charge in [-0.3, -0.25) is 9.36 Å². The number of carbonyl (C=O) groups excluding carboxylic acids is 1. The van der Waals surface area contributed by atoms with Crippen molar-refractivity contribution in [3.8, 4) is 17.2 Å². The molecule has 2 heterocycles. The smallest absolute Gasteiger partial charge is 0.338 e. The molecule has 0 fully saturated rings. The van der Waals surface area contributed by atoms with E-state index >= 15 is 0 Å². The predicted molar refractivity (Wildman–Crippen MR) is 182 cm³/mol. The molecule has 0 saturated carbocycles. The van der Waals surface area contributed by atoms with Crippen molar-refractivity contribution in [2.24, 2.45) is 4.99 Å². The van der Waals surface area contributed by atoms with Crippen LogP contribution in [0, 0.1) is 0 Å². The standard InChI is InChI=1S/C34H32Br2N2O6S/c1-5-41-27-15-11-23(18-28(27)42-6-2)31-30(33(40)43-7-3)20(4)37-34-38(31)32(39)29(45-34)17-22-10-14-26(25(36)16-22)44-19-21-8-12-24(35)13-9-21/h8-18,31H,5-7,19H2,1-4H3/b29-17-/t31-/m1/s1. The third kappa shape index (κ3) is 7.26. The summed E-state index contributed by atoms with van der Waals surface area (Å²) in [6, 6.07) is 18.3. The zero-order chi connectivity index (χ0) is 32.1. The summed E-state index contributed by atoms with van der Waals surface area (Å²) in [6.45, 7) is 8.80. The van der Waals surface area contributed by atoms with Crippen LogP contribution in [0.5, 0.6) is 17.2 Å². The Morgan fingerprint density at radius 3 is 2.31 bits per heavy atom. The topological polar surface area (TPSA) is 88.4 Å². The van der Waals surface area contributed by atoms with E-state index < -0.39 is 12.0 Å². The molecule has 234 valence electrons. The fourth-order valence-corrected chi connectivity index (χ4v) is 6.78. The van der Waals surface area contributed by atoms with Gasteiger partial charge in [-0.1, -0.05) is 51.5 Å². The Morgan fingerprint density at radius 1 is 0.911 bits per heavy atom. The summed E-state index contributed by atoms with van der Waals surface area (Å²) in [7, 11) is 0. The summed E-state index contributed by atoms with van der Waals surface area (Å²) in [5.74, 6) is 1.28. The molecular formula is C34H32Br2N2O6S. The van der Waals surface area contributed by atoms with E-state index in [4.69, 9.17) is 18.9 Å². The summed E-state index contributed by atoms with van der Waals surface area (Å²) in [4.78, 5) is 32.5. The first-order valence-electron chi connectivity index (χ1n) is 14.5. The summed E-state index contributed by atoms with van der Waals surface area (Å²) in [5.41, 5.74) is 3.06. The summed E-state index contributed by atoms with van der Waals surface area (Å²) in [6.07, 6.45) is 1.82. The van der Waals surface area contributed by atoms with E-state index in [1.54, 1.807) is 24.5 Å². The lowest BCUT2D eigenvalue weighted by molar-refractivity contribution is -0.139. The number of halogens is 2. The zero-order valence-corrected chi connectivity index (χ0v) is 29.3. The highest BCUT2D eigenvalue weighted by Crippen LogP contribution is 2.36. The summed E-state index contributed by atoms with van der Waals surface area (Å²) >= 11 is 8.33. The van der Waals surface area contributed by atoms with Gasteiger partial charge in [0.15, 0.2) is 16.3 Å². The van der Waals surface area contributed by atoms with Crippen LogP contribution in [0.4, 0.5) is 0 Å². The maximum atomic E-state index is 14.1. The van der Waals surface area contributed by atoms with E-state index in [0.29, 0.717) is 63.2 Å². The molecule has 0 bridgehead atoms. The van der Waals surface area contributed by atoms with Crippen molar-refractivity contribution in [3.63, 3.8) is 0 Å². The quantitative estimate of drug-likeness (QED) is 0.159. The number of hydrogen-bond acceptors (Lipinski definition) is 8. The molecule has 1 aliphatic rings. The van der Waals surface area contributed by atoms with Crippen LogP contribution in [0.2, 0.25) is 0 Å². The van der Waals surface area contributed by atoms with Crippen LogP contribution in [0.25, 0.3) is 6.08 Å². The second kappa shape index (κ2) is 14.6. The molecule has 45 heavy (non-hydrogen) atoms. The molecule has 1 aliphatic heterocycles. The number of ether oxygens (including phenoxy) is 4. The van der Waals surface area contributed by atoms with Gasteiger partial charge in [0.2, 0.25) is 0 Å². The van der Waals surface area contributed by atoms with Crippen molar-refractivity contribution in [1.29, 1.82) is 0 Å². The van der Waals surface area contributed by atoms with Gasteiger partial charge in [-0.15, -0.1) is 0 Å². The Bertz CT molecular complexity index is 1930. The number of esters is 1. The van der Waals surface area contributed by atoms with Gasteiger partial charge in [0.05, 0.1) is 46.1 Å². The maximum absolute atomic E-state index is 14.1. The van der Waals surface area contributed by atoms with Gasteiger partial charge in [0.1, 0.15) is 12.4 Å². The second-order valence-corrected chi connectivity index (χ2v) is 12.8. The van der Waals surface area contributed by atoms with Crippen molar-refractivity contribution < 1.29 is 23.7 Å². The number of nitrogens with zero attached hydrogens (tertiary/aromatic N) is 2. The van der Waals surface area contributed by atoms with Crippen molar-refractivity contribution in [3.05, 3.63) is 117 Å². The zero-order valence-electron chi connectivity index (χ0n) is 25.3. The molecule has 0 N–H and O–H groups in total. The Hall–Kier alpha value is -3.67. The third-order valence-electron chi connectivity index (χ3n) is 6.96. The lowest BCUT2D eigenvalue weighted by Gasteiger charge is -2.25. The van der Waals surface area contributed by atoms with E-state index in [0.717, 1.165) is 20.1 Å². The minimum atomic E-state index is -0.765. The first kappa shape index (κ1) is 32.7. The molecule has 0 spiro atoms. The van der Waals surface area contributed by atoms with Crippen LogP contribution in [-0.4, -0.2) is 30.4 Å². The second-order valence-electron chi connectivity index (χ2n) is 9.98. The first-order valence-corrected chi connectivity index (χ1v) is 16.9. The average Bonchev–Trinajstić information content (AvgIpc) is 3.31. The van der Waals surface area contributed by atoms with Crippen LogP contribution in [0.1, 0.15) is 50.4 Å². The highest BCUT2D eigenvalue weighted by Gasteiger charge is 2.34. The number of fused-ring (bicyclic) bond motifs is 1. The van der Waals surface area contributed by atoms with Gasteiger partial charge >= 0.3 is 5.97 Å². The molecule has 3 aromatic carbocycles. The third-order valence-corrected chi connectivity index (χ3v) is 9.09. The number of benzene rings is 3. The number of hydrogen-bond donors (Lipinski definition) is 0. The van der Waals surface area contributed by atoms with Gasteiger partial charge in [-0.05, 0) is 103 Å². The molecule has 0 saturated heterocycles. The number of carbonyl (C=O) groups is 1. The Balaban J connectivity index is 1.55. The van der Waals surface area contributed by atoms with Crippen molar-refractivity contribution in [2.45, 2.75) is 40.3 Å². The highest BCUT2D eigenvalue weighted by molar-refractivity contribution is 9.10. The molecule has 0 aliphatic carbocycles. The van der Waals surface area contributed by atoms with E-state index in [-0.39, 0.29) is 12.2 Å². The SMILES string of the molecule is CCOC(=O)C1=C(C)N=c2s/c(=C\c3ccc(OCc4ccc(Br)cc4)c(Br)c3)c(=O)n2[C@@H]1c1ccc(OCC)c(OCC)c1. The normalized spacial score (nSPS) is 14.5.